The third-order valence-electron chi connectivity index (χ3n) is 2.96. The summed E-state index contributed by atoms with van der Waals surface area (Å²) in [5.74, 6) is -1.49. The molecule has 0 amide bonds. The van der Waals surface area contributed by atoms with Crippen molar-refractivity contribution in [3.8, 4) is 0 Å². The number of piperazine rings is 1. The number of halogens is 4. The molecule has 1 fully saturated rings. The Morgan fingerprint density at radius 1 is 1.15 bits per heavy atom. The van der Waals surface area contributed by atoms with Crippen molar-refractivity contribution in [1.82, 2.24) is 9.62 Å². The van der Waals surface area contributed by atoms with E-state index in [1.807, 2.05) is 0 Å². The van der Waals surface area contributed by atoms with Crippen LogP contribution in [-0.4, -0.2) is 38.9 Å². The van der Waals surface area contributed by atoms with Crippen LogP contribution in [0.3, 0.4) is 0 Å². The van der Waals surface area contributed by atoms with Gasteiger partial charge in [-0.25, -0.2) is 12.8 Å². The highest BCUT2D eigenvalue weighted by Gasteiger charge is 2.36. The van der Waals surface area contributed by atoms with Gasteiger partial charge in [0.1, 0.15) is 5.82 Å². The number of alkyl halides is 3. The predicted octanol–water partition coefficient (Wildman–Crippen LogP) is 1.44. The Bertz CT molecular complexity index is 595. The van der Waals surface area contributed by atoms with Crippen LogP contribution >= 0.6 is 0 Å². The number of hydrogen-bond donors (Lipinski definition) is 1. The van der Waals surface area contributed by atoms with Gasteiger partial charge in [0.15, 0.2) is 0 Å². The van der Waals surface area contributed by atoms with Crippen molar-refractivity contribution in [3.63, 3.8) is 0 Å². The van der Waals surface area contributed by atoms with Crippen molar-refractivity contribution in [1.29, 1.82) is 0 Å². The van der Waals surface area contributed by atoms with E-state index in [0.29, 0.717) is 25.2 Å². The van der Waals surface area contributed by atoms with Crippen molar-refractivity contribution in [2.24, 2.45) is 0 Å². The summed E-state index contributed by atoms with van der Waals surface area (Å²) in [4.78, 5) is -0.548. The lowest BCUT2D eigenvalue weighted by Gasteiger charge is -2.26. The fraction of sp³-hybridized carbons (Fsp3) is 0.455. The van der Waals surface area contributed by atoms with E-state index < -0.39 is 32.5 Å². The van der Waals surface area contributed by atoms with E-state index in [1.54, 1.807) is 0 Å². The van der Waals surface area contributed by atoms with Gasteiger partial charge in [-0.3, -0.25) is 0 Å². The Balaban J connectivity index is 2.42. The second-order valence-corrected chi connectivity index (χ2v) is 6.23. The molecule has 9 heteroatoms. The van der Waals surface area contributed by atoms with Gasteiger partial charge in [0.2, 0.25) is 10.0 Å². The first kappa shape index (κ1) is 15.2. The van der Waals surface area contributed by atoms with E-state index in [4.69, 9.17) is 0 Å². The summed E-state index contributed by atoms with van der Waals surface area (Å²) in [7, 11) is -4.03. The number of benzene rings is 1. The molecule has 0 aromatic heterocycles. The van der Waals surface area contributed by atoms with Gasteiger partial charge >= 0.3 is 6.18 Å². The van der Waals surface area contributed by atoms with E-state index in [9.17, 15) is 26.0 Å². The minimum Gasteiger partial charge on any atom is -0.314 e. The Kier molecular flexibility index (Phi) is 4.03. The summed E-state index contributed by atoms with van der Waals surface area (Å²) in [6.07, 6.45) is -4.93. The van der Waals surface area contributed by atoms with Crippen LogP contribution in [0.2, 0.25) is 0 Å². The van der Waals surface area contributed by atoms with Crippen LogP contribution in [0, 0.1) is 5.82 Å². The number of sulfonamides is 1. The van der Waals surface area contributed by atoms with Gasteiger partial charge in [0, 0.05) is 26.2 Å². The van der Waals surface area contributed by atoms with Crippen LogP contribution in [0.5, 0.6) is 0 Å². The molecule has 1 saturated heterocycles. The van der Waals surface area contributed by atoms with Crippen molar-refractivity contribution in [2.75, 3.05) is 26.2 Å². The van der Waals surface area contributed by atoms with E-state index >= 15 is 0 Å². The molecule has 0 unspecified atom stereocenters. The SMILES string of the molecule is O=S(=O)(c1ccc(F)c(C(F)(F)F)c1)N1CCNCC1. The third kappa shape index (κ3) is 2.94. The van der Waals surface area contributed by atoms with Crippen LogP contribution in [-0.2, 0) is 16.2 Å². The molecule has 0 saturated carbocycles. The van der Waals surface area contributed by atoms with E-state index in [1.165, 1.54) is 0 Å². The maximum absolute atomic E-state index is 13.2. The summed E-state index contributed by atoms with van der Waals surface area (Å²) in [5, 5.41) is 2.94. The summed E-state index contributed by atoms with van der Waals surface area (Å²) >= 11 is 0. The Hall–Kier alpha value is -1.19. The van der Waals surface area contributed by atoms with Gasteiger partial charge in [0.25, 0.3) is 0 Å². The standard InChI is InChI=1S/C11H12F4N2O2S/c12-10-2-1-8(7-9(10)11(13,14)15)20(18,19)17-5-3-16-4-6-17/h1-2,7,16H,3-6H2. The zero-order valence-electron chi connectivity index (χ0n) is 10.2. The number of nitrogens with zero attached hydrogens (tertiary/aromatic N) is 1. The summed E-state index contributed by atoms with van der Waals surface area (Å²) in [6, 6.07) is 1.71. The Morgan fingerprint density at radius 2 is 1.75 bits per heavy atom. The Labute approximate surface area is 113 Å². The maximum atomic E-state index is 13.2. The third-order valence-corrected chi connectivity index (χ3v) is 4.85. The van der Waals surface area contributed by atoms with Crippen LogP contribution in [0.1, 0.15) is 5.56 Å². The number of nitrogens with one attached hydrogen (secondary N) is 1. The lowest BCUT2D eigenvalue weighted by molar-refractivity contribution is -0.140. The average Bonchev–Trinajstić information content (AvgIpc) is 2.38. The number of hydrogen-bond acceptors (Lipinski definition) is 3. The van der Waals surface area contributed by atoms with Crippen LogP contribution in [0.15, 0.2) is 23.1 Å². The lowest BCUT2D eigenvalue weighted by Crippen LogP contribution is -2.46. The van der Waals surface area contributed by atoms with Crippen LogP contribution in [0.25, 0.3) is 0 Å². The molecule has 2 rings (SSSR count). The smallest absolute Gasteiger partial charge is 0.314 e. The molecule has 1 aromatic rings. The fourth-order valence-electron chi connectivity index (χ4n) is 1.92. The Morgan fingerprint density at radius 3 is 2.30 bits per heavy atom. The highest BCUT2D eigenvalue weighted by atomic mass is 32.2. The molecular weight excluding hydrogens is 300 g/mol. The molecule has 0 bridgehead atoms. The van der Waals surface area contributed by atoms with Gasteiger partial charge in [-0.15, -0.1) is 0 Å². The van der Waals surface area contributed by atoms with Gasteiger partial charge < -0.3 is 5.32 Å². The van der Waals surface area contributed by atoms with E-state index in [-0.39, 0.29) is 13.1 Å². The first-order valence-corrected chi connectivity index (χ1v) is 7.24. The highest BCUT2D eigenvalue weighted by Crippen LogP contribution is 2.33. The molecule has 1 heterocycles. The van der Waals surface area contributed by atoms with Gasteiger partial charge in [-0.1, -0.05) is 0 Å². The summed E-state index contributed by atoms with van der Waals surface area (Å²) in [6.45, 7) is 1.18. The minimum absolute atomic E-state index is 0.168. The maximum Gasteiger partial charge on any atom is 0.419 e. The summed E-state index contributed by atoms with van der Waals surface area (Å²) < 4.78 is 76.4. The molecule has 0 aliphatic carbocycles. The molecule has 112 valence electrons. The second kappa shape index (κ2) is 5.30. The average molecular weight is 312 g/mol. The molecule has 4 nitrogen and oxygen atoms in total. The second-order valence-electron chi connectivity index (χ2n) is 4.29. The quantitative estimate of drug-likeness (QED) is 0.841. The molecule has 20 heavy (non-hydrogen) atoms. The molecule has 0 radical (unpaired) electrons. The van der Waals surface area contributed by atoms with E-state index in [0.717, 1.165) is 10.4 Å². The molecule has 1 aliphatic heterocycles. The van der Waals surface area contributed by atoms with Gasteiger partial charge in [-0.2, -0.15) is 17.5 Å². The zero-order chi connectivity index (χ0) is 15.0. The normalized spacial score (nSPS) is 18.2. The molecule has 0 atom stereocenters. The fourth-order valence-corrected chi connectivity index (χ4v) is 3.38. The van der Waals surface area contributed by atoms with Crippen molar-refractivity contribution in [3.05, 3.63) is 29.6 Å². The van der Waals surface area contributed by atoms with Crippen LogP contribution < -0.4 is 5.32 Å². The van der Waals surface area contributed by atoms with Crippen molar-refractivity contribution in [2.45, 2.75) is 11.1 Å². The monoisotopic (exact) mass is 312 g/mol. The topological polar surface area (TPSA) is 49.4 Å². The van der Waals surface area contributed by atoms with Gasteiger partial charge in [-0.05, 0) is 18.2 Å². The largest absolute Gasteiger partial charge is 0.419 e. The van der Waals surface area contributed by atoms with E-state index in [2.05, 4.69) is 5.32 Å². The molecule has 1 aliphatic rings. The predicted molar refractivity (Wildman–Crippen MR) is 63.0 cm³/mol. The lowest BCUT2D eigenvalue weighted by atomic mass is 10.2. The number of rotatable bonds is 2. The molecular formula is C11H12F4N2O2S. The first-order valence-electron chi connectivity index (χ1n) is 5.80. The molecule has 1 N–H and O–H groups in total. The molecule has 0 spiro atoms. The van der Waals surface area contributed by atoms with Crippen molar-refractivity contribution < 1.29 is 26.0 Å². The minimum atomic E-state index is -4.93. The van der Waals surface area contributed by atoms with Crippen LogP contribution in [0.4, 0.5) is 17.6 Å². The zero-order valence-corrected chi connectivity index (χ0v) is 11.1. The molecule has 1 aromatic carbocycles. The summed E-state index contributed by atoms with van der Waals surface area (Å²) in [5.41, 5.74) is -1.58. The van der Waals surface area contributed by atoms with Crippen molar-refractivity contribution >= 4 is 10.0 Å². The first-order chi connectivity index (χ1) is 9.23. The van der Waals surface area contributed by atoms with Gasteiger partial charge in [0.05, 0.1) is 10.5 Å². The highest BCUT2D eigenvalue weighted by molar-refractivity contribution is 7.89.